The van der Waals surface area contributed by atoms with Gasteiger partial charge in [0, 0.05) is 42.3 Å². The number of rotatable bonds is 4. The van der Waals surface area contributed by atoms with E-state index in [4.69, 9.17) is 0 Å². The highest BCUT2D eigenvalue weighted by atomic mass is 79.9. The Morgan fingerprint density at radius 1 is 1.11 bits per heavy atom. The minimum absolute atomic E-state index is 0.00962. The third kappa shape index (κ3) is 4.21. The molecule has 1 saturated heterocycles. The summed E-state index contributed by atoms with van der Waals surface area (Å²) in [5.41, 5.74) is 3.44. The summed E-state index contributed by atoms with van der Waals surface area (Å²) in [7, 11) is -3.91. The third-order valence-corrected chi connectivity index (χ3v) is 9.73. The van der Waals surface area contributed by atoms with Gasteiger partial charge in [0.1, 0.15) is 4.90 Å². The molecule has 2 amide bonds. The van der Waals surface area contributed by atoms with Crippen LogP contribution in [-0.2, 0) is 32.5 Å². The van der Waals surface area contributed by atoms with Gasteiger partial charge in [0.05, 0.1) is 11.6 Å². The number of fused-ring (bicyclic) bond motifs is 2. The Morgan fingerprint density at radius 2 is 1.89 bits per heavy atom. The van der Waals surface area contributed by atoms with Crippen LogP contribution in [0.15, 0.2) is 45.8 Å². The minimum atomic E-state index is -3.91. The fourth-order valence-corrected chi connectivity index (χ4v) is 8.15. The molecule has 0 radical (unpaired) electrons. The summed E-state index contributed by atoms with van der Waals surface area (Å²) in [6.45, 7) is 4.82. The first-order chi connectivity index (χ1) is 16.7. The monoisotopic (exact) mass is 559 g/mol. The number of nitrogens with zero attached hydrogens (tertiary/aromatic N) is 3. The Labute approximate surface area is 215 Å². The molecule has 7 nitrogen and oxygen atoms in total. The lowest BCUT2D eigenvalue weighted by molar-refractivity contribution is -0.123. The van der Waals surface area contributed by atoms with Crippen LogP contribution >= 0.6 is 15.9 Å². The number of amides is 2. The minimum Gasteiger partial charge on any atom is -0.310 e. The van der Waals surface area contributed by atoms with Gasteiger partial charge in [0.25, 0.3) is 0 Å². The van der Waals surface area contributed by atoms with E-state index in [-0.39, 0.29) is 29.3 Å². The van der Waals surface area contributed by atoms with E-state index in [2.05, 4.69) is 15.9 Å². The molecule has 0 bridgehead atoms. The zero-order valence-corrected chi connectivity index (χ0v) is 22.4. The Balaban J connectivity index is 1.45. The molecule has 2 aromatic carbocycles. The van der Waals surface area contributed by atoms with E-state index in [0.29, 0.717) is 48.9 Å². The summed E-state index contributed by atoms with van der Waals surface area (Å²) in [6.07, 6.45) is 3.02. The number of hydrogen-bond acceptors (Lipinski definition) is 4. The smallest absolute Gasteiger partial charge is 0.245 e. The van der Waals surface area contributed by atoms with E-state index in [1.54, 1.807) is 17.9 Å². The Kier molecular flexibility index (Phi) is 6.52. The topological polar surface area (TPSA) is 78.0 Å². The maximum absolute atomic E-state index is 14.0. The van der Waals surface area contributed by atoms with Crippen molar-refractivity contribution in [1.82, 2.24) is 4.31 Å². The molecule has 3 aliphatic heterocycles. The van der Waals surface area contributed by atoms with Gasteiger partial charge in [-0.1, -0.05) is 41.1 Å². The lowest BCUT2D eigenvalue weighted by Crippen LogP contribution is -2.48. The molecular weight excluding hydrogens is 530 g/mol. The number of hydrogen-bond donors (Lipinski definition) is 0. The first kappa shape index (κ1) is 24.5. The molecule has 1 fully saturated rings. The van der Waals surface area contributed by atoms with Crippen LogP contribution in [0.2, 0.25) is 0 Å². The number of benzene rings is 2. The van der Waals surface area contributed by atoms with Crippen LogP contribution in [0.25, 0.3) is 0 Å². The summed E-state index contributed by atoms with van der Waals surface area (Å²) >= 11 is 3.46. The van der Waals surface area contributed by atoms with Gasteiger partial charge in [-0.3, -0.25) is 9.59 Å². The van der Waals surface area contributed by atoms with Gasteiger partial charge in [-0.2, -0.15) is 4.31 Å². The van der Waals surface area contributed by atoms with Crippen molar-refractivity contribution in [3.8, 4) is 0 Å². The Morgan fingerprint density at radius 3 is 2.66 bits per heavy atom. The fourth-order valence-electron chi connectivity index (χ4n) is 5.71. The van der Waals surface area contributed by atoms with Crippen molar-refractivity contribution in [2.75, 3.05) is 29.4 Å². The number of carbonyl (C=O) groups excluding carboxylic acids is 2. The molecule has 2 aromatic rings. The van der Waals surface area contributed by atoms with Gasteiger partial charge in [-0.15, -0.1) is 0 Å². The van der Waals surface area contributed by atoms with Crippen molar-refractivity contribution < 1.29 is 18.0 Å². The average Bonchev–Trinajstić information content (AvgIpc) is 3.42. The van der Waals surface area contributed by atoms with Gasteiger partial charge in [-0.25, -0.2) is 8.42 Å². The summed E-state index contributed by atoms with van der Waals surface area (Å²) in [5, 5.41) is 0. The molecule has 35 heavy (non-hydrogen) atoms. The molecule has 0 unspecified atom stereocenters. The van der Waals surface area contributed by atoms with Crippen LogP contribution in [-0.4, -0.2) is 50.2 Å². The molecule has 2 atom stereocenters. The molecule has 3 heterocycles. The molecule has 0 aromatic heterocycles. The Bertz CT molecular complexity index is 1300. The van der Waals surface area contributed by atoms with Gasteiger partial charge < -0.3 is 9.80 Å². The summed E-state index contributed by atoms with van der Waals surface area (Å²) in [6, 6.07) is 11.5. The van der Waals surface area contributed by atoms with Crippen LogP contribution in [0.3, 0.4) is 0 Å². The SMILES string of the molecule is CCC(=O)N1CCc2cc(Br)cc(S(=O)(=O)N3CCC[C@@H](C(=O)N4c5ccccc5C[C@@H]4C)C3)c21. The lowest BCUT2D eigenvalue weighted by atomic mass is 9.97. The predicted molar refractivity (Wildman–Crippen MR) is 139 cm³/mol. The van der Waals surface area contributed by atoms with E-state index in [0.717, 1.165) is 23.2 Å². The molecule has 3 aliphatic rings. The summed E-state index contributed by atoms with van der Waals surface area (Å²) < 4.78 is 30.0. The number of sulfonamides is 1. The third-order valence-electron chi connectivity index (χ3n) is 7.39. The van der Waals surface area contributed by atoms with Crippen LogP contribution in [0, 0.1) is 5.92 Å². The van der Waals surface area contributed by atoms with Crippen LogP contribution in [0.5, 0.6) is 0 Å². The van der Waals surface area contributed by atoms with Crippen molar-refractivity contribution in [1.29, 1.82) is 0 Å². The second-order valence-electron chi connectivity index (χ2n) is 9.65. The van der Waals surface area contributed by atoms with Crippen molar-refractivity contribution in [3.05, 3.63) is 52.0 Å². The van der Waals surface area contributed by atoms with Crippen LogP contribution in [0.1, 0.15) is 44.2 Å². The first-order valence-electron chi connectivity index (χ1n) is 12.3. The number of anilines is 2. The number of halogens is 1. The summed E-state index contributed by atoms with van der Waals surface area (Å²) in [5.74, 6) is -0.499. The van der Waals surface area contributed by atoms with Crippen molar-refractivity contribution >= 4 is 49.1 Å². The zero-order chi connectivity index (χ0) is 24.9. The molecule has 5 rings (SSSR count). The van der Waals surface area contributed by atoms with Gasteiger partial charge in [0.2, 0.25) is 21.8 Å². The standard InChI is InChI=1S/C26H30BrN3O4S/c1-3-24(31)29-12-10-19-14-21(27)15-23(25(19)29)35(33,34)28-11-6-8-20(16-28)26(32)30-17(2)13-18-7-4-5-9-22(18)30/h4-5,7,9,14-15,17,20H,3,6,8,10-13,16H2,1-2H3/t17-,20+/m0/s1. The quantitative estimate of drug-likeness (QED) is 0.564. The number of para-hydroxylation sites is 1. The molecule has 0 N–H and O–H groups in total. The van der Waals surface area contributed by atoms with E-state index in [1.165, 1.54) is 4.31 Å². The van der Waals surface area contributed by atoms with E-state index >= 15 is 0 Å². The Hall–Kier alpha value is -2.23. The van der Waals surface area contributed by atoms with Gasteiger partial charge >= 0.3 is 0 Å². The van der Waals surface area contributed by atoms with E-state index in [9.17, 15) is 18.0 Å². The zero-order valence-electron chi connectivity index (χ0n) is 20.0. The fraction of sp³-hybridized carbons (Fsp3) is 0.462. The predicted octanol–water partition coefficient (Wildman–Crippen LogP) is 4.13. The maximum Gasteiger partial charge on any atom is 0.245 e. The van der Waals surface area contributed by atoms with Crippen molar-refractivity contribution in [2.45, 2.75) is 56.9 Å². The lowest BCUT2D eigenvalue weighted by Gasteiger charge is -2.35. The van der Waals surface area contributed by atoms with Crippen LogP contribution < -0.4 is 9.80 Å². The number of piperidine rings is 1. The highest BCUT2D eigenvalue weighted by Crippen LogP contribution is 2.40. The molecule has 186 valence electrons. The van der Waals surface area contributed by atoms with Crippen molar-refractivity contribution in [2.24, 2.45) is 5.92 Å². The van der Waals surface area contributed by atoms with E-state index in [1.807, 2.05) is 42.2 Å². The largest absolute Gasteiger partial charge is 0.310 e. The molecular formula is C26H30BrN3O4S. The van der Waals surface area contributed by atoms with Crippen molar-refractivity contribution in [3.63, 3.8) is 0 Å². The molecule has 0 aliphatic carbocycles. The highest BCUT2D eigenvalue weighted by Gasteiger charge is 2.41. The van der Waals surface area contributed by atoms with Gasteiger partial charge in [0.15, 0.2) is 0 Å². The highest BCUT2D eigenvalue weighted by molar-refractivity contribution is 9.10. The van der Waals surface area contributed by atoms with Crippen LogP contribution in [0.4, 0.5) is 11.4 Å². The first-order valence-corrected chi connectivity index (χ1v) is 14.5. The average molecular weight is 561 g/mol. The summed E-state index contributed by atoms with van der Waals surface area (Å²) in [4.78, 5) is 29.8. The second kappa shape index (κ2) is 9.33. The molecule has 0 spiro atoms. The molecule has 0 saturated carbocycles. The van der Waals surface area contributed by atoms with E-state index < -0.39 is 15.9 Å². The maximum atomic E-state index is 14.0. The normalized spacial score (nSPS) is 22.3. The van der Waals surface area contributed by atoms with Gasteiger partial charge in [-0.05, 0) is 61.9 Å². The second-order valence-corrected chi connectivity index (χ2v) is 12.5. The number of carbonyl (C=O) groups is 2. The molecule has 9 heteroatoms.